The lowest BCUT2D eigenvalue weighted by Crippen LogP contribution is -2.44. The van der Waals surface area contributed by atoms with Gasteiger partial charge in [0.1, 0.15) is 0 Å². The first-order chi connectivity index (χ1) is 13.5. The van der Waals surface area contributed by atoms with Gasteiger partial charge in [-0.15, -0.1) is 0 Å². The second-order valence-corrected chi connectivity index (χ2v) is 7.67. The third kappa shape index (κ3) is 3.05. The zero-order chi connectivity index (χ0) is 19.8. The molecule has 0 radical (unpaired) electrons. The minimum absolute atomic E-state index is 0.291. The van der Waals surface area contributed by atoms with E-state index < -0.39 is 11.3 Å². The summed E-state index contributed by atoms with van der Waals surface area (Å²) in [4.78, 5) is 41.0. The van der Waals surface area contributed by atoms with Crippen LogP contribution in [0.5, 0.6) is 0 Å². The van der Waals surface area contributed by atoms with E-state index in [-0.39, 0.29) is 11.1 Å². The van der Waals surface area contributed by atoms with Crippen LogP contribution in [0.3, 0.4) is 0 Å². The molecule has 3 aromatic carbocycles. The van der Waals surface area contributed by atoms with Gasteiger partial charge in [-0.05, 0) is 47.8 Å². The number of nitrogens with zero attached hydrogens (tertiary/aromatic N) is 2. The highest BCUT2D eigenvalue weighted by Crippen LogP contribution is 2.38. The first-order valence-electron chi connectivity index (χ1n) is 8.86. The van der Waals surface area contributed by atoms with Crippen molar-refractivity contribution in [2.75, 3.05) is 9.80 Å². The number of hydrogen-bond donors (Lipinski definition) is 0. The van der Waals surface area contributed by atoms with E-state index in [1.54, 1.807) is 24.3 Å². The van der Waals surface area contributed by atoms with Crippen LogP contribution in [0.15, 0.2) is 66.7 Å². The SMILES string of the molecule is CC(=O)N(c1cccc2ccccc12)[C@H]1SC(=O)N(c2cccc(C)c2)C1=O. The van der Waals surface area contributed by atoms with Crippen LogP contribution in [0.2, 0.25) is 0 Å². The summed E-state index contributed by atoms with van der Waals surface area (Å²) in [6.45, 7) is 3.31. The molecule has 0 saturated carbocycles. The van der Waals surface area contributed by atoms with Crippen LogP contribution in [0.25, 0.3) is 10.8 Å². The molecule has 4 rings (SSSR count). The molecule has 3 aromatic rings. The first-order valence-corrected chi connectivity index (χ1v) is 9.74. The monoisotopic (exact) mass is 390 g/mol. The van der Waals surface area contributed by atoms with Crippen molar-refractivity contribution in [1.29, 1.82) is 0 Å². The number of carbonyl (C=O) groups is 3. The van der Waals surface area contributed by atoms with Crippen LogP contribution in [0.4, 0.5) is 16.2 Å². The Balaban J connectivity index is 1.78. The first kappa shape index (κ1) is 18.3. The number of carbonyl (C=O) groups excluding carboxylic acids is 3. The molecule has 140 valence electrons. The van der Waals surface area contributed by atoms with Crippen molar-refractivity contribution in [3.05, 3.63) is 72.3 Å². The lowest BCUT2D eigenvalue weighted by Gasteiger charge is -2.27. The van der Waals surface area contributed by atoms with E-state index >= 15 is 0 Å². The Labute approximate surface area is 166 Å². The molecule has 0 N–H and O–H groups in total. The predicted octanol–water partition coefficient (Wildman–Crippen LogP) is 4.73. The smallest absolute Gasteiger partial charge is 0.290 e. The quantitative estimate of drug-likeness (QED) is 0.649. The fourth-order valence-corrected chi connectivity index (χ4v) is 4.51. The number of aryl methyl sites for hydroxylation is 1. The summed E-state index contributed by atoms with van der Waals surface area (Å²) in [5.41, 5.74) is 2.09. The van der Waals surface area contributed by atoms with E-state index in [1.165, 1.54) is 11.8 Å². The molecule has 28 heavy (non-hydrogen) atoms. The predicted molar refractivity (Wildman–Crippen MR) is 113 cm³/mol. The highest BCUT2D eigenvalue weighted by molar-refractivity contribution is 8.16. The fraction of sp³-hybridized carbons (Fsp3) is 0.136. The summed E-state index contributed by atoms with van der Waals surface area (Å²) in [6, 6.07) is 20.5. The van der Waals surface area contributed by atoms with Gasteiger partial charge in [0.15, 0.2) is 5.37 Å². The van der Waals surface area contributed by atoms with Gasteiger partial charge in [-0.25, -0.2) is 4.90 Å². The van der Waals surface area contributed by atoms with E-state index in [4.69, 9.17) is 0 Å². The zero-order valence-corrected chi connectivity index (χ0v) is 16.3. The lowest BCUT2D eigenvalue weighted by atomic mass is 10.1. The molecule has 5 nitrogen and oxygen atoms in total. The second-order valence-electron chi connectivity index (χ2n) is 6.64. The Bertz CT molecular complexity index is 1110. The van der Waals surface area contributed by atoms with Crippen molar-refractivity contribution in [2.45, 2.75) is 19.2 Å². The second kappa shape index (κ2) is 7.13. The van der Waals surface area contributed by atoms with Gasteiger partial charge in [0, 0.05) is 12.3 Å². The Morgan fingerprint density at radius 3 is 2.46 bits per heavy atom. The zero-order valence-electron chi connectivity index (χ0n) is 15.5. The Morgan fingerprint density at radius 1 is 1.00 bits per heavy atom. The molecule has 1 saturated heterocycles. The van der Waals surface area contributed by atoms with Crippen LogP contribution in [-0.4, -0.2) is 22.4 Å². The van der Waals surface area contributed by atoms with E-state index in [0.717, 1.165) is 33.0 Å². The molecule has 6 heteroatoms. The van der Waals surface area contributed by atoms with Gasteiger partial charge >= 0.3 is 0 Å². The number of benzene rings is 3. The molecule has 1 aliphatic heterocycles. The largest absolute Gasteiger partial charge is 0.295 e. The van der Waals surface area contributed by atoms with Crippen molar-refractivity contribution in [2.24, 2.45) is 0 Å². The van der Waals surface area contributed by atoms with Gasteiger partial charge in [0.2, 0.25) is 5.91 Å². The van der Waals surface area contributed by atoms with Gasteiger partial charge in [-0.1, -0.05) is 48.5 Å². The Kier molecular flexibility index (Phi) is 4.65. The number of hydrogen-bond acceptors (Lipinski definition) is 4. The van der Waals surface area contributed by atoms with Crippen molar-refractivity contribution in [1.82, 2.24) is 0 Å². The third-order valence-corrected chi connectivity index (χ3v) is 5.71. The topological polar surface area (TPSA) is 57.7 Å². The summed E-state index contributed by atoms with van der Waals surface area (Å²) in [6.07, 6.45) is 0. The third-order valence-electron chi connectivity index (χ3n) is 4.69. The average molecular weight is 390 g/mol. The van der Waals surface area contributed by atoms with Crippen molar-refractivity contribution >= 4 is 51.0 Å². The minimum atomic E-state index is -0.934. The van der Waals surface area contributed by atoms with Crippen LogP contribution >= 0.6 is 11.8 Å². The summed E-state index contributed by atoms with van der Waals surface area (Å²) >= 11 is 0.865. The van der Waals surface area contributed by atoms with Crippen LogP contribution in [0, 0.1) is 6.92 Å². The normalized spacial score (nSPS) is 16.6. The van der Waals surface area contributed by atoms with Gasteiger partial charge in [-0.2, -0.15) is 0 Å². The molecule has 1 heterocycles. The molecule has 0 unspecified atom stereocenters. The summed E-state index contributed by atoms with van der Waals surface area (Å²) < 4.78 is 0. The van der Waals surface area contributed by atoms with Crippen LogP contribution in [-0.2, 0) is 9.59 Å². The maximum absolute atomic E-state index is 13.2. The van der Waals surface area contributed by atoms with E-state index in [2.05, 4.69) is 0 Å². The van der Waals surface area contributed by atoms with Crippen LogP contribution in [0.1, 0.15) is 12.5 Å². The van der Waals surface area contributed by atoms with Gasteiger partial charge in [0.25, 0.3) is 11.1 Å². The number of fused-ring (bicyclic) bond motifs is 1. The van der Waals surface area contributed by atoms with E-state index in [9.17, 15) is 14.4 Å². The number of imide groups is 1. The van der Waals surface area contributed by atoms with Gasteiger partial charge in [0.05, 0.1) is 11.4 Å². The van der Waals surface area contributed by atoms with Crippen molar-refractivity contribution in [3.63, 3.8) is 0 Å². The Morgan fingerprint density at radius 2 is 1.71 bits per heavy atom. The molecule has 0 bridgehead atoms. The molecule has 3 amide bonds. The number of thioether (sulfide) groups is 1. The highest BCUT2D eigenvalue weighted by Gasteiger charge is 2.45. The highest BCUT2D eigenvalue weighted by atomic mass is 32.2. The Hall–Kier alpha value is -3.12. The molecule has 1 atom stereocenters. The lowest BCUT2D eigenvalue weighted by molar-refractivity contribution is -0.121. The molecule has 0 spiro atoms. The fourth-order valence-electron chi connectivity index (χ4n) is 3.44. The summed E-state index contributed by atoms with van der Waals surface area (Å²) in [5.74, 6) is -0.704. The number of anilines is 2. The standard InChI is InChI=1S/C22H18N2O3S/c1-14-7-5-10-17(13-14)24-20(26)21(28-22(24)27)23(15(2)25)19-12-6-9-16-8-3-4-11-18(16)19/h3-13,21H,1-2H3/t21-/m0/s1. The molecule has 0 aromatic heterocycles. The van der Waals surface area contributed by atoms with Crippen LogP contribution < -0.4 is 9.80 Å². The molecular formula is C22H18N2O3S. The number of rotatable bonds is 3. The molecular weight excluding hydrogens is 372 g/mol. The van der Waals surface area contributed by atoms with Crippen molar-refractivity contribution < 1.29 is 14.4 Å². The van der Waals surface area contributed by atoms with Crippen molar-refractivity contribution in [3.8, 4) is 0 Å². The van der Waals surface area contributed by atoms with Gasteiger partial charge in [-0.3, -0.25) is 19.3 Å². The van der Waals surface area contributed by atoms with E-state index in [0.29, 0.717) is 11.4 Å². The maximum atomic E-state index is 13.2. The molecule has 0 aliphatic carbocycles. The molecule has 1 fully saturated rings. The maximum Gasteiger partial charge on any atom is 0.295 e. The summed E-state index contributed by atoms with van der Waals surface area (Å²) in [7, 11) is 0. The van der Waals surface area contributed by atoms with E-state index in [1.807, 2.05) is 49.4 Å². The summed E-state index contributed by atoms with van der Waals surface area (Å²) in [5, 5.41) is 0.502. The number of amides is 3. The minimum Gasteiger partial charge on any atom is -0.290 e. The average Bonchev–Trinajstić information content (AvgIpc) is 2.96. The molecule has 1 aliphatic rings. The van der Waals surface area contributed by atoms with Gasteiger partial charge < -0.3 is 0 Å².